The molecule has 8 nitrogen and oxygen atoms in total. The molecular formula is C27H21BrClN5O3. The molecule has 5 aromatic rings. The van der Waals surface area contributed by atoms with E-state index in [2.05, 4.69) is 26.0 Å². The Morgan fingerprint density at radius 3 is 2.59 bits per heavy atom. The summed E-state index contributed by atoms with van der Waals surface area (Å²) in [6.07, 6.45) is 1.42. The molecule has 0 aliphatic heterocycles. The van der Waals surface area contributed by atoms with Gasteiger partial charge in [0.05, 0.1) is 33.7 Å². The van der Waals surface area contributed by atoms with Crippen LogP contribution in [0.4, 0.5) is 5.82 Å². The second-order valence-corrected chi connectivity index (χ2v) is 9.83. The van der Waals surface area contributed by atoms with Gasteiger partial charge in [-0.15, -0.1) is 0 Å². The number of para-hydroxylation sites is 1. The summed E-state index contributed by atoms with van der Waals surface area (Å²) in [6.45, 7) is 0. The van der Waals surface area contributed by atoms with Crippen LogP contribution in [-0.4, -0.2) is 45.5 Å². The van der Waals surface area contributed by atoms with Crippen molar-refractivity contribution in [3.8, 4) is 17.2 Å². The number of rotatable bonds is 6. The predicted molar refractivity (Wildman–Crippen MR) is 147 cm³/mol. The number of ketones is 1. The van der Waals surface area contributed by atoms with Gasteiger partial charge in [-0.25, -0.2) is 4.68 Å². The van der Waals surface area contributed by atoms with Gasteiger partial charge in [-0.3, -0.25) is 9.59 Å². The Hall–Kier alpha value is -4.08. The molecule has 0 bridgehead atoms. The van der Waals surface area contributed by atoms with E-state index in [1.807, 2.05) is 18.2 Å². The summed E-state index contributed by atoms with van der Waals surface area (Å²) in [4.78, 5) is 30.3. The van der Waals surface area contributed by atoms with Crippen molar-refractivity contribution >= 4 is 55.9 Å². The number of aromatic amines is 1. The highest BCUT2D eigenvalue weighted by molar-refractivity contribution is 9.10. The Labute approximate surface area is 225 Å². The maximum atomic E-state index is 13.2. The molecule has 0 saturated heterocycles. The molecule has 1 amide bonds. The highest BCUT2D eigenvalue weighted by atomic mass is 79.9. The maximum Gasteiger partial charge on any atom is 0.257 e. The summed E-state index contributed by atoms with van der Waals surface area (Å²) < 4.78 is 8.29. The first-order chi connectivity index (χ1) is 17.7. The maximum absolute atomic E-state index is 13.2. The van der Waals surface area contributed by atoms with Gasteiger partial charge in [0.15, 0.2) is 0 Å². The zero-order chi connectivity index (χ0) is 26.3. The van der Waals surface area contributed by atoms with Crippen molar-refractivity contribution in [1.82, 2.24) is 19.7 Å². The summed E-state index contributed by atoms with van der Waals surface area (Å²) in [7, 11) is 3.35. The number of nitrogen functional groups attached to an aromatic ring is 1. The van der Waals surface area contributed by atoms with E-state index >= 15 is 0 Å². The van der Waals surface area contributed by atoms with Gasteiger partial charge in [0.2, 0.25) is 5.78 Å². The molecule has 2 aromatic heterocycles. The molecule has 0 spiro atoms. The number of carbonyl (C=O) groups excluding carboxylic acids is 2. The zero-order valence-electron chi connectivity index (χ0n) is 19.8. The van der Waals surface area contributed by atoms with Crippen molar-refractivity contribution in [3.63, 3.8) is 0 Å². The molecule has 3 aromatic carbocycles. The van der Waals surface area contributed by atoms with Crippen molar-refractivity contribution in [1.29, 1.82) is 0 Å². The van der Waals surface area contributed by atoms with Gasteiger partial charge >= 0.3 is 0 Å². The molecule has 0 saturated carbocycles. The summed E-state index contributed by atoms with van der Waals surface area (Å²) in [5.74, 6) is 0.528. The van der Waals surface area contributed by atoms with Crippen molar-refractivity contribution in [2.24, 2.45) is 0 Å². The van der Waals surface area contributed by atoms with Crippen LogP contribution in [0.1, 0.15) is 26.4 Å². The fourth-order valence-corrected chi connectivity index (χ4v) is 4.55. The third-order valence-electron chi connectivity index (χ3n) is 5.78. The number of carbonyl (C=O) groups is 2. The van der Waals surface area contributed by atoms with Gasteiger partial charge in [0.25, 0.3) is 5.91 Å². The van der Waals surface area contributed by atoms with Gasteiger partial charge in [-0.2, -0.15) is 5.10 Å². The number of fused-ring (bicyclic) bond motifs is 1. The highest BCUT2D eigenvalue weighted by Crippen LogP contribution is 2.32. The minimum absolute atomic E-state index is 0.155. The molecule has 10 heteroatoms. The number of halogens is 2. The van der Waals surface area contributed by atoms with Crippen molar-refractivity contribution < 1.29 is 14.3 Å². The number of hydrogen-bond acceptors (Lipinski definition) is 5. The molecule has 0 fully saturated rings. The molecule has 186 valence electrons. The SMILES string of the molecule is CN(C)C(=O)c1ccccc1Oc1ccc(-n2ncc(C(=O)c3cc4cc(Br)ccc4[nH]3)c2N)c(Cl)c1. The minimum atomic E-state index is -0.283. The summed E-state index contributed by atoms with van der Waals surface area (Å²) in [6, 6.07) is 19.4. The molecule has 2 heterocycles. The average Bonchev–Trinajstić information content (AvgIpc) is 3.47. The summed E-state index contributed by atoms with van der Waals surface area (Å²) in [5.41, 5.74) is 8.72. The van der Waals surface area contributed by atoms with E-state index in [9.17, 15) is 9.59 Å². The molecular weight excluding hydrogens is 558 g/mol. The lowest BCUT2D eigenvalue weighted by Crippen LogP contribution is -2.22. The Morgan fingerprint density at radius 1 is 1.05 bits per heavy atom. The van der Waals surface area contributed by atoms with E-state index in [-0.39, 0.29) is 23.1 Å². The number of anilines is 1. The lowest BCUT2D eigenvalue weighted by Gasteiger charge is -2.15. The van der Waals surface area contributed by atoms with Crippen LogP contribution >= 0.6 is 27.5 Å². The molecule has 0 radical (unpaired) electrons. The monoisotopic (exact) mass is 577 g/mol. The first-order valence-electron chi connectivity index (χ1n) is 11.2. The minimum Gasteiger partial charge on any atom is -0.456 e. The van der Waals surface area contributed by atoms with Crippen molar-refractivity contribution in [2.45, 2.75) is 0 Å². The number of H-pyrrole nitrogens is 1. The van der Waals surface area contributed by atoms with E-state index in [1.165, 1.54) is 15.8 Å². The van der Waals surface area contributed by atoms with Crippen LogP contribution in [0.15, 0.2) is 77.4 Å². The van der Waals surface area contributed by atoms with E-state index < -0.39 is 0 Å². The fraction of sp³-hybridized carbons (Fsp3) is 0.0741. The first-order valence-corrected chi connectivity index (χ1v) is 12.3. The Bertz CT molecular complexity index is 1670. The van der Waals surface area contributed by atoms with Gasteiger partial charge in [-0.05, 0) is 48.5 Å². The van der Waals surface area contributed by atoms with Crippen LogP contribution in [0.25, 0.3) is 16.6 Å². The Morgan fingerprint density at radius 2 is 1.84 bits per heavy atom. The van der Waals surface area contributed by atoms with Crippen molar-refractivity contribution in [3.05, 3.63) is 99.2 Å². The molecule has 0 atom stereocenters. The normalized spacial score (nSPS) is 11.0. The van der Waals surface area contributed by atoms with Crippen LogP contribution < -0.4 is 10.5 Å². The number of aromatic nitrogens is 3. The molecule has 5 rings (SSSR count). The quantitative estimate of drug-likeness (QED) is 0.238. The zero-order valence-corrected chi connectivity index (χ0v) is 22.2. The highest BCUT2D eigenvalue weighted by Gasteiger charge is 2.21. The van der Waals surface area contributed by atoms with E-state index in [0.29, 0.717) is 33.5 Å². The van der Waals surface area contributed by atoms with Crippen molar-refractivity contribution in [2.75, 3.05) is 19.8 Å². The third-order valence-corrected chi connectivity index (χ3v) is 6.57. The Balaban J connectivity index is 1.42. The number of benzene rings is 3. The first kappa shape index (κ1) is 24.6. The fourth-order valence-electron chi connectivity index (χ4n) is 3.92. The molecule has 0 aliphatic carbocycles. The van der Waals surface area contributed by atoms with Gasteiger partial charge in [0.1, 0.15) is 17.3 Å². The smallest absolute Gasteiger partial charge is 0.257 e. The van der Waals surface area contributed by atoms with Crippen LogP contribution in [0.3, 0.4) is 0 Å². The Kier molecular flexibility index (Phi) is 6.49. The van der Waals surface area contributed by atoms with Crippen LogP contribution in [0.2, 0.25) is 5.02 Å². The van der Waals surface area contributed by atoms with Crippen LogP contribution in [0, 0.1) is 0 Å². The van der Waals surface area contributed by atoms with E-state index in [4.69, 9.17) is 22.1 Å². The molecule has 0 aliphatic rings. The van der Waals surface area contributed by atoms with E-state index in [0.717, 1.165) is 15.4 Å². The standard InChI is InChI=1S/C27H21BrClN5O3/c1-33(2)27(36)18-5-3-4-6-24(18)37-17-8-10-23(20(29)13-17)34-26(30)19(14-31-34)25(35)22-12-15-11-16(28)7-9-21(15)32-22/h3-14,32H,30H2,1-2H3. The number of ether oxygens (including phenoxy) is 1. The second-order valence-electron chi connectivity index (χ2n) is 8.51. The lowest BCUT2D eigenvalue weighted by molar-refractivity contribution is 0.0825. The number of hydrogen-bond donors (Lipinski definition) is 2. The topological polar surface area (TPSA) is 106 Å². The number of amides is 1. The number of nitrogens with one attached hydrogen (secondary N) is 1. The van der Waals surface area contributed by atoms with Crippen LogP contribution in [-0.2, 0) is 0 Å². The molecule has 3 N–H and O–H groups in total. The second kappa shape index (κ2) is 9.76. The lowest BCUT2D eigenvalue weighted by atomic mass is 10.1. The molecule has 0 unspecified atom stereocenters. The summed E-state index contributed by atoms with van der Waals surface area (Å²) >= 11 is 10.0. The predicted octanol–water partition coefficient (Wildman–Crippen LogP) is 6.08. The number of nitrogens with zero attached hydrogens (tertiary/aromatic N) is 3. The van der Waals surface area contributed by atoms with Gasteiger partial charge < -0.3 is 20.4 Å². The average molecular weight is 579 g/mol. The van der Waals surface area contributed by atoms with Crippen LogP contribution in [0.5, 0.6) is 11.5 Å². The van der Waals surface area contributed by atoms with Gasteiger partial charge in [0, 0.05) is 35.5 Å². The van der Waals surface area contributed by atoms with E-state index in [1.54, 1.807) is 62.6 Å². The third kappa shape index (κ3) is 4.71. The number of nitrogens with two attached hydrogens (primary N) is 1. The largest absolute Gasteiger partial charge is 0.456 e. The van der Waals surface area contributed by atoms with Gasteiger partial charge in [-0.1, -0.05) is 39.7 Å². The molecule has 37 heavy (non-hydrogen) atoms. The summed E-state index contributed by atoms with van der Waals surface area (Å²) in [5, 5.41) is 5.51.